The number of hydrogen-bond acceptors (Lipinski definition) is 5. The second-order valence-electron chi connectivity index (χ2n) is 10.6. The molecule has 1 aliphatic heterocycles. The van der Waals surface area contributed by atoms with Crippen LogP contribution in [0.25, 0.3) is 0 Å². The van der Waals surface area contributed by atoms with Crippen molar-refractivity contribution in [2.45, 2.75) is 57.5 Å². The zero-order chi connectivity index (χ0) is 28.0. The van der Waals surface area contributed by atoms with E-state index in [0.717, 1.165) is 11.1 Å². The average molecular weight is 532 g/mol. The maximum atomic E-state index is 14.0. The summed E-state index contributed by atoms with van der Waals surface area (Å²) >= 11 is 0. The minimum absolute atomic E-state index is 0.0976. The maximum absolute atomic E-state index is 14.0. The van der Waals surface area contributed by atoms with Gasteiger partial charge in [-0.25, -0.2) is 9.82 Å². The molecule has 0 aliphatic carbocycles. The van der Waals surface area contributed by atoms with E-state index in [2.05, 4.69) is 41.9 Å². The first kappa shape index (κ1) is 27.9. The van der Waals surface area contributed by atoms with E-state index in [1.54, 1.807) is 36.7 Å². The van der Waals surface area contributed by atoms with Crippen LogP contribution in [-0.4, -0.2) is 35.3 Å². The summed E-state index contributed by atoms with van der Waals surface area (Å²) in [5.74, 6) is -1.28. The van der Waals surface area contributed by atoms with Gasteiger partial charge in [-0.2, -0.15) is 0 Å². The number of pyridine rings is 1. The number of aromatic nitrogens is 1. The summed E-state index contributed by atoms with van der Waals surface area (Å²) in [5, 5.41) is 2.93. The van der Waals surface area contributed by atoms with Gasteiger partial charge in [0.25, 0.3) is 0 Å². The van der Waals surface area contributed by atoms with Crippen LogP contribution >= 0.6 is 0 Å². The van der Waals surface area contributed by atoms with Crippen molar-refractivity contribution in [2.75, 3.05) is 11.4 Å². The van der Waals surface area contributed by atoms with Gasteiger partial charge in [0.1, 0.15) is 17.9 Å². The Kier molecular flexibility index (Phi) is 8.71. The maximum Gasteiger partial charge on any atom is 0.247 e. The molecule has 9 heteroatoms. The first-order chi connectivity index (χ1) is 18.6. The van der Waals surface area contributed by atoms with E-state index in [1.165, 1.54) is 17.0 Å². The molecule has 4 rings (SSSR count). The summed E-state index contributed by atoms with van der Waals surface area (Å²) < 4.78 is 13.6. The zero-order valence-electron chi connectivity index (χ0n) is 22.4. The molecule has 204 valence electrons. The van der Waals surface area contributed by atoms with Crippen LogP contribution in [0.15, 0.2) is 73.1 Å². The fourth-order valence-electron chi connectivity index (χ4n) is 4.53. The van der Waals surface area contributed by atoms with Crippen LogP contribution in [0.4, 0.5) is 10.1 Å². The minimum Gasteiger partial charge on any atom is -0.354 e. The summed E-state index contributed by atoms with van der Waals surface area (Å²) in [4.78, 5) is 45.2. The van der Waals surface area contributed by atoms with Crippen molar-refractivity contribution in [3.63, 3.8) is 0 Å². The molecule has 0 spiro atoms. The fraction of sp³-hybridized carbons (Fsp3) is 0.333. The third-order valence-electron chi connectivity index (χ3n) is 6.70. The topological polar surface area (TPSA) is 103 Å². The van der Waals surface area contributed by atoms with Gasteiger partial charge >= 0.3 is 0 Å². The highest BCUT2D eigenvalue weighted by atomic mass is 19.1. The predicted molar refractivity (Wildman–Crippen MR) is 147 cm³/mol. The fourth-order valence-corrected chi connectivity index (χ4v) is 4.53. The van der Waals surface area contributed by atoms with Gasteiger partial charge in [0.05, 0.1) is 0 Å². The number of carbonyl (C=O) groups excluding carboxylic acids is 3. The molecule has 1 aromatic heterocycles. The number of nitrogens with zero attached hydrogens (tertiary/aromatic N) is 2. The quantitative estimate of drug-likeness (QED) is 0.411. The molecule has 1 aliphatic rings. The summed E-state index contributed by atoms with van der Waals surface area (Å²) in [6, 6.07) is 15.5. The van der Waals surface area contributed by atoms with Crippen molar-refractivity contribution in [3.05, 3.63) is 95.6 Å². The lowest BCUT2D eigenvalue weighted by Crippen LogP contribution is -2.58. The van der Waals surface area contributed by atoms with Crippen molar-refractivity contribution >= 4 is 23.4 Å². The van der Waals surface area contributed by atoms with Crippen LogP contribution in [0.5, 0.6) is 0 Å². The van der Waals surface area contributed by atoms with Gasteiger partial charge in [-0.3, -0.25) is 29.7 Å². The molecule has 39 heavy (non-hydrogen) atoms. The molecule has 0 radical (unpaired) electrons. The Morgan fingerprint density at radius 3 is 2.51 bits per heavy atom. The van der Waals surface area contributed by atoms with Crippen LogP contribution < -0.4 is 21.1 Å². The van der Waals surface area contributed by atoms with E-state index in [0.29, 0.717) is 24.1 Å². The number of nitrogens with one attached hydrogen (secondary N) is 3. The molecule has 2 aromatic carbocycles. The molecule has 0 bridgehead atoms. The van der Waals surface area contributed by atoms with Gasteiger partial charge in [-0.05, 0) is 59.7 Å². The van der Waals surface area contributed by atoms with Crippen LogP contribution in [0.3, 0.4) is 0 Å². The average Bonchev–Trinajstić information content (AvgIpc) is 2.92. The molecule has 1 saturated heterocycles. The number of rotatable bonds is 8. The molecule has 0 saturated carbocycles. The standard InChI is InChI=1S/C30H34FN5O3/c1-30(2,3)22-9-11-24(12-10-22)36(29(39)25-13-14-26(37)35-34-25)27(21-7-5-16-32-19-21)28(38)33-17-15-20-6-4-8-23(31)18-20/h4-12,16,18-19,25,27,34H,13-15,17H2,1-3H3,(H,33,38)(H,35,37). The molecule has 3 aromatic rings. The lowest BCUT2D eigenvalue weighted by atomic mass is 9.87. The number of hydrazine groups is 1. The SMILES string of the molecule is CC(C)(C)c1ccc(N(C(=O)C2CCC(=O)NN2)C(C(=O)NCCc2cccc(F)c2)c2cccnc2)cc1. The molecule has 3 N–H and O–H groups in total. The van der Waals surface area contributed by atoms with Crippen molar-refractivity contribution in [1.29, 1.82) is 0 Å². The van der Waals surface area contributed by atoms with Gasteiger partial charge in [0, 0.05) is 36.6 Å². The highest BCUT2D eigenvalue weighted by molar-refractivity contribution is 6.04. The van der Waals surface area contributed by atoms with Gasteiger partial charge in [-0.1, -0.05) is 51.1 Å². The van der Waals surface area contributed by atoms with Crippen molar-refractivity contribution < 1.29 is 18.8 Å². The molecule has 2 heterocycles. The zero-order valence-corrected chi connectivity index (χ0v) is 22.4. The monoisotopic (exact) mass is 531 g/mol. The van der Waals surface area contributed by atoms with Crippen LogP contribution in [0.2, 0.25) is 0 Å². The van der Waals surface area contributed by atoms with E-state index in [-0.39, 0.29) is 36.0 Å². The van der Waals surface area contributed by atoms with Crippen molar-refractivity contribution in [3.8, 4) is 0 Å². The van der Waals surface area contributed by atoms with Gasteiger partial charge in [0.15, 0.2) is 0 Å². The normalized spacial score (nSPS) is 16.2. The van der Waals surface area contributed by atoms with Gasteiger partial charge in [-0.15, -0.1) is 0 Å². The van der Waals surface area contributed by atoms with Gasteiger partial charge in [0.2, 0.25) is 17.7 Å². The van der Waals surface area contributed by atoms with Crippen molar-refractivity contribution in [2.24, 2.45) is 0 Å². The Morgan fingerprint density at radius 1 is 1.13 bits per heavy atom. The Labute approximate surface area is 228 Å². The number of anilines is 1. The number of halogens is 1. The second-order valence-corrected chi connectivity index (χ2v) is 10.6. The molecule has 2 unspecified atom stereocenters. The molecule has 2 atom stereocenters. The van der Waals surface area contributed by atoms with Crippen molar-refractivity contribution in [1.82, 2.24) is 21.2 Å². The smallest absolute Gasteiger partial charge is 0.247 e. The van der Waals surface area contributed by atoms with E-state index in [9.17, 15) is 18.8 Å². The van der Waals surface area contributed by atoms with Crippen LogP contribution in [0, 0.1) is 5.82 Å². The summed E-state index contributed by atoms with van der Waals surface area (Å²) in [6.07, 6.45) is 4.08. The lowest BCUT2D eigenvalue weighted by Gasteiger charge is -2.35. The summed E-state index contributed by atoms with van der Waals surface area (Å²) in [7, 11) is 0. The lowest BCUT2D eigenvalue weighted by molar-refractivity contribution is -0.130. The Bertz CT molecular complexity index is 1300. The van der Waals surface area contributed by atoms with E-state index < -0.39 is 18.0 Å². The number of benzene rings is 2. The number of amides is 3. The Morgan fingerprint density at radius 2 is 1.90 bits per heavy atom. The Hall–Kier alpha value is -4.11. The first-order valence-corrected chi connectivity index (χ1v) is 13.0. The van der Waals surface area contributed by atoms with Gasteiger partial charge < -0.3 is 5.32 Å². The van der Waals surface area contributed by atoms with Crippen LogP contribution in [0.1, 0.15) is 56.3 Å². The van der Waals surface area contributed by atoms with E-state index in [1.807, 2.05) is 24.3 Å². The first-order valence-electron chi connectivity index (χ1n) is 13.0. The minimum atomic E-state index is -1.03. The summed E-state index contributed by atoms with van der Waals surface area (Å²) in [6.45, 7) is 6.56. The largest absolute Gasteiger partial charge is 0.354 e. The third kappa shape index (κ3) is 7.06. The van der Waals surface area contributed by atoms with Crippen LogP contribution in [-0.2, 0) is 26.2 Å². The molecule has 1 fully saturated rings. The third-order valence-corrected chi connectivity index (χ3v) is 6.70. The number of carbonyl (C=O) groups is 3. The molecule has 3 amide bonds. The molecular formula is C30H34FN5O3. The second kappa shape index (κ2) is 12.2. The van der Waals surface area contributed by atoms with E-state index in [4.69, 9.17) is 0 Å². The summed E-state index contributed by atoms with van der Waals surface area (Å²) in [5.41, 5.74) is 8.14. The predicted octanol–water partition coefficient (Wildman–Crippen LogP) is 3.73. The molecule has 8 nitrogen and oxygen atoms in total. The highest BCUT2D eigenvalue weighted by Crippen LogP contribution is 2.31. The van der Waals surface area contributed by atoms with E-state index >= 15 is 0 Å². The highest BCUT2D eigenvalue weighted by Gasteiger charge is 2.37. The Balaban J connectivity index is 1.68. The molecular weight excluding hydrogens is 497 g/mol. The number of hydrogen-bond donors (Lipinski definition) is 3.